The molecule has 0 bridgehead atoms. The third-order valence-electron chi connectivity index (χ3n) is 5.95. The first kappa shape index (κ1) is 23.0. The molecule has 1 aliphatic heterocycles. The smallest absolute Gasteiger partial charge is 0.161 e. The molecule has 1 aliphatic rings. The van der Waals surface area contributed by atoms with Gasteiger partial charge in [0.2, 0.25) is 0 Å². The zero-order chi connectivity index (χ0) is 23.5. The SMILES string of the molecule is COc1ccc(CN(C)c2nc(CN3CCOCC3)nc3scc(-c4cccs4)c23)cc1OC. The predicted molar refractivity (Wildman–Crippen MR) is 138 cm³/mol. The number of morpholine rings is 1. The van der Waals surface area contributed by atoms with Crippen LogP contribution in [0.25, 0.3) is 20.7 Å². The van der Waals surface area contributed by atoms with Crippen LogP contribution in [-0.2, 0) is 17.8 Å². The van der Waals surface area contributed by atoms with Gasteiger partial charge in [0, 0.05) is 42.5 Å². The van der Waals surface area contributed by atoms with Crippen molar-refractivity contribution in [1.29, 1.82) is 0 Å². The molecule has 4 heterocycles. The number of hydrogen-bond donors (Lipinski definition) is 0. The Hall–Kier alpha value is -2.72. The first-order valence-corrected chi connectivity index (χ1v) is 13.0. The van der Waals surface area contributed by atoms with Crippen LogP contribution in [0.1, 0.15) is 11.4 Å². The first-order valence-electron chi connectivity index (χ1n) is 11.2. The minimum absolute atomic E-state index is 0.684. The summed E-state index contributed by atoms with van der Waals surface area (Å²) in [7, 11) is 5.41. The molecule has 4 aromatic rings. The van der Waals surface area contributed by atoms with Crippen LogP contribution in [0.15, 0.2) is 41.1 Å². The summed E-state index contributed by atoms with van der Waals surface area (Å²) in [6.07, 6.45) is 0. The van der Waals surface area contributed by atoms with Gasteiger partial charge in [-0.3, -0.25) is 4.90 Å². The van der Waals surface area contributed by atoms with Crippen LogP contribution in [0, 0.1) is 0 Å². The summed E-state index contributed by atoms with van der Waals surface area (Å²) in [6, 6.07) is 10.3. The summed E-state index contributed by atoms with van der Waals surface area (Å²) in [6.45, 7) is 4.74. The summed E-state index contributed by atoms with van der Waals surface area (Å²) in [4.78, 5) is 16.9. The second kappa shape index (κ2) is 10.3. The third-order valence-corrected chi connectivity index (χ3v) is 7.72. The molecule has 1 fully saturated rings. The van der Waals surface area contributed by atoms with E-state index in [1.807, 2.05) is 12.1 Å². The molecule has 0 N–H and O–H groups in total. The Morgan fingerprint density at radius 3 is 2.62 bits per heavy atom. The molecular formula is C25H28N4O3S2. The quantitative estimate of drug-likeness (QED) is 0.344. The van der Waals surface area contributed by atoms with E-state index in [2.05, 4.69) is 45.8 Å². The summed E-state index contributed by atoms with van der Waals surface area (Å²) in [5, 5.41) is 5.43. The van der Waals surface area contributed by atoms with Gasteiger partial charge in [0.05, 0.1) is 39.4 Å². The second-order valence-electron chi connectivity index (χ2n) is 8.20. The fourth-order valence-electron chi connectivity index (χ4n) is 4.21. The van der Waals surface area contributed by atoms with E-state index in [0.29, 0.717) is 6.54 Å². The van der Waals surface area contributed by atoms with E-state index >= 15 is 0 Å². The monoisotopic (exact) mass is 496 g/mol. The molecule has 7 nitrogen and oxygen atoms in total. The van der Waals surface area contributed by atoms with Crippen LogP contribution in [-0.4, -0.2) is 62.4 Å². The van der Waals surface area contributed by atoms with Gasteiger partial charge >= 0.3 is 0 Å². The zero-order valence-electron chi connectivity index (χ0n) is 19.6. The normalized spacial score (nSPS) is 14.4. The van der Waals surface area contributed by atoms with E-state index in [1.54, 1.807) is 36.9 Å². The number of benzene rings is 1. The number of fused-ring (bicyclic) bond motifs is 1. The molecule has 0 radical (unpaired) electrons. The fraction of sp³-hybridized carbons (Fsp3) is 0.360. The third kappa shape index (κ3) is 4.74. The van der Waals surface area contributed by atoms with Gasteiger partial charge in [0.15, 0.2) is 11.5 Å². The largest absolute Gasteiger partial charge is 0.493 e. The summed E-state index contributed by atoms with van der Waals surface area (Å²) >= 11 is 3.43. The van der Waals surface area contributed by atoms with E-state index in [0.717, 1.165) is 71.8 Å². The van der Waals surface area contributed by atoms with Crippen LogP contribution in [0.4, 0.5) is 5.82 Å². The van der Waals surface area contributed by atoms with E-state index in [-0.39, 0.29) is 0 Å². The van der Waals surface area contributed by atoms with Crippen LogP contribution >= 0.6 is 22.7 Å². The topological polar surface area (TPSA) is 60.0 Å². The lowest BCUT2D eigenvalue weighted by Crippen LogP contribution is -2.36. The van der Waals surface area contributed by atoms with Crippen molar-refractivity contribution in [3.05, 3.63) is 52.5 Å². The van der Waals surface area contributed by atoms with Crippen molar-refractivity contribution in [2.75, 3.05) is 52.5 Å². The van der Waals surface area contributed by atoms with Crippen LogP contribution in [0.2, 0.25) is 0 Å². The highest BCUT2D eigenvalue weighted by atomic mass is 32.1. The number of thiophene rings is 2. The number of ether oxygens (including phenoxy) is 3. The summed E-state index contributed by atoms with van der Waals surface area (Å²) < 4.78 is 16.4. The Labute approximate surface area is 207 Å². The molecule has 0 spiro atoms. The Morgan fingerprint density at radius 2 is 1.88 bits per heavy atom. The van der Waals surface area contributed by atoms with Gasteiger partial charge in [0.1, 0.15) is 16.5 Å². The molecule has 178 valence electrons. The molecular weight excluding hydrogens is 468 g/mol. The van der Waals surface area contributed by atoms with Gasteiger partial charge in [-0.05, 0) is 29.1 Å². The van der Waals surface area contributed by atoms with E-state index in [1.165, 1.54) is 10.4 Å². The number of methoxy groups -OCH3 is 2. The van der Waals surface area contributed by atoms with Crippen molar-refractivity contribution in [3.63, 3.8) is 0 Å². The Balaban J connectivity index is 1.53. The molecule has 0 amide bonds. The maximum absolute atomic E-state index is 5.51. The van der Waals surface area contributed by atoms with Crippen molar-refractivity contribution in [2.45, 2.75) is 13.1 Å². The number of nitrogens with zero attached hydrogens (tertiary/aromatic N) is 4. The second-order valence-corrected chi connectivity index (χ2v) is 10.0. The molecule has 0 atom stereocenters. The number of anilines is 1. The van der Waals surface area contributed by atoms with Gasteiger partial charge in [-0.2, -0.15) is 0 Å². The molecule has 34 heavy (non-hydrogen) atoms. The lowest BCUT2D eigenvalue weighted by Gasteiger charge is -2.26. The van der Waals surface area contributed by atoms with Gasteiger partial charge in [-0.25, -0.2) is 9.97 Å². The lowest BCUT2D eigenvalue weighted by atomic mass is 10.1. The molecule has 1 saturated heterocycles. The van der Waals surface area contributed by atoms with Crippen LogP contribution in [0.5, 0.6) is 11.5 Å². The predicted octanol–water partition coefficient (Wildman–Crippen LogP) is 4.91. The standard InChI is InChI=1S/C25H28N4O3S2/c1-28(14-17-6-7-19(30-2)20(13-17)31-3)24-23-18(21-5-4-12-33-21)16-34-25(23)27-22(26-24)15-29-8-10-32-11-9-29/h4-7,12-13,16H,8-11,14-15H2,1-3H3. The highest BCUT2D eigenvalue weighted by molar-refractivity contribution is 7.18. The van der Waals surface area contributed by atoms with E-state index in [9.17, 15) is 0 Å². The zero-order valence-corrected chi connectivity index (χ0v) is 21.2. The number of aromatic nitrogens is 2. The maximum atomic E-state index is 5.51. The molecule has 0 aliphatic carbocycles. The van der Waals surface area contributed by atoms with Crippen molar-refractivity contribution in [1.82, 2.24) is 14.9 Å². The van der Waals surface area contributed by atoms with Gasteiger partial charge in [-0.1, -0.05) is 12.1 Å². The minimum Gasteiger partial charge on any atom is -0.493 e. The fourth-order valence-corrected chi connectivity index (χ4v) is 5.99. The highest BCUT2D eigenvalue weighted by Gasteiger charge is 2.21. The van der Waals surface area contributed by atoms with Crippen LogP contribution < -0.4 is 14.4 Å². The average molecular weight is 497 g/mol. The van der Waals surface area contributed by atoms with E-state index < -0.39 is 0 Å². The number of rotatable bonds is 8. The van der Waals surface area contributed by atoms with Gasteiger partial charge in [-0.15, -0.1) is 22.7 Å². The number of hydrogen-bond acceptors (Lipinski definition) is 9. The molecule has 5 rings (SSSR count). The van der Waals surface area contributed by atoms with Crippen molar-refractivity contribution < 1.29 is 14.2 Å². The summed E-state index contributed by atoms with van der Waals surface area (Å²) in [5.74, 6) is 3.25. The summed E-state index contributed by atoms with van der Waals surface area (Å²) in [5.41, 5.74) is 2.32. The molecule has 1 aromatic carbocycles. The van der Waals surface area contributed by atoms with Crippen molar-refractivity contribution in [2.24, 2.45) is 0 Å². The molecule has 0 unspecified atom stereocenters. The molecule has 0 saturated carbocycles. The average Bonchev–Trinajstić information content (AvgIpc) is 3.54. The Kier molecular flexibility index (Phi) is 6.96. The van der Waals surface area contributed by atoms with Crippen molar-refractivity contribution in [3.8, 4) is 21.9 Å². The molecule has 3 aromatic heterocycles. The minimum atomic E-state index is 0.684. The van der Waals surface area contributed by atoms with Gasteiger partial charge < -0.3 is 19.1 Å². The lowest BCUT2D eigenvalue weighted by molar-refractivity contribution is 0.0331. The van der Waals surface area contributed by atoms with Gasteiger partial charge in [0.25, 0.3) is 0 Å². The Bertz CT molecular complexity index is 1250. The molecule has 9 heteroatoms. The maximum Gasteiger partial charge on any atom is 0.161 e. The van der Waals surface area contributed by atoms with Crippen LogP contribution in [0.3, 0.4) is 0 Å². The van der Waals surface area contributed by atoms with Crippen molar-refractivity contribution >= 4 is 38.7 Å². The highest BCUT2D eigenvalue weighted by Crippen LogP contribution is 2.40. The Morgan fingerprint density at radius 1 is 1.06 bits per heavy atom. The first-order chi connectivity index (χ1) is 16.7. The van der Waals surface area contributed by atoms with E-state index in [4.69, 9.17) is 24.2 Å².